The van der Waals surface area contributed by atoms with Gasteiger partial charge in [0.1, 0.15) is 0 Å². The first-order valence-corrected chi connectivity index (χ1v) is 9.54. The first-order valence-electron chi connectivity index (χ1n) is 9.54. The molecule has 3 aromatic rings. The van der Waals surface area contributed by atoms with Gasteiger partial charge >= 0.3 is 11.1 Å². The molecule has 0 saturated carbocycles. The van der Waals surface area contributed by atoms with E-state index in [1.165, 1.54) is 10.1 Å². The molecular formula is C21H22N4O3. The van der Waals surface area contributed by atoms with E-state index in [0.29, 0.717) is 42.1 Å². The highest BCUT2D eigenvalue weighted by molar-refractivity contribution is 5.97. The van der Waals surface area contributed by atoms with E-state index in [1.807, 2.05) is 24.0 Å². The number of hydrogen-bond acceptors (Lipinski definition) is 4. The van der Waals surface area contributed by atoms with Gasteiger partial charge in [-0.1, -0.05) is 0 Å². The maximum absolute atomic E-state index is 13.1. The van der Waals surface area contributed by atoms with Crippen LogP contribution in [0.4, 0.5) is 0 Å². The number of aromatic nitrogens is 3. The number of aryl methyl sites for hydroxylation is 1. The summed E-state index contributed by atoms with van der Waals surface area (Å²) in [7, 11) is 0. The molecule has 0 spiro atoms. The third-order valence-corrected chi connectivity index (χ3v) is 5.42. The second-order valence-electron chi connectivity index (χ2n) is 7.11. The maximum atomic E-state index is 13.1. The first-order chi connectivity index (χ1) is 13.6. The second kappa shape index (κ2) is 7.42. The van der Waals surface area contributed by atoms with Crippen molar-refractivity contribution in [1.29, 1.82) is 0 Å². The van der Waals surface area contributed by atoms with Gasteiger partial charge in [-0.3, -0.25) is 19.4 Å². The van der Waals surface area contributed by atoms with Crippen LogP contribution in [0.2, 0.25) is 0 Å². The lowest BCUT2D eigenvalue weighted by atomic mass is 9.91. The molecule has 1 unspecified atom stereocenters. The number of likely N-dealkylation sites (tertiary alicyclic amines) is 1. The molecule has 2 aromatic heterocycles. The molecule has 7 nitrogen and oxygen atoms in total. The van der Waals surface area contributed by atoms with Crippen LogP contribution in [0.3, 0.4) is 0 Å². The van der Waals surface area contributed by atoms with Gasteiger partial charge in [-0.05, 0) is 55.7 Å². The Bertz CT molecular complexity index is 1130. The summed E-state index contributed by atoms with van der Waals surface area (Å²) in [6.07, 6.45) is 5.55. The van der Waals surface area contributed by atoms with Crippen LogP contribution in [0.1, 0.15) is 41.6 Å². The Morgan fingerprint density at radius 3 is 2.75 bits per heavy atom. The lowest BCUT2D eigenvalue weighted by Crippen LogP contribution is -2.39. The molecule has 4 rings (SSSR count). The Morgan fingerprint density at radius 2 is 2.00 bits per heavy atom. The van der Waals surface area contributed by atoms with Crippen LogP contribution in [0.25, 0.3) is 11.0 Å². The smallest absolute Gasteiger partial charge is 0.316 e. The molecule has 144 valence electrons. The lowest BCUT2D eigenvalue weighted by molar-refractivity contribution is 0.0707. The SMILES string of the molecule is CCn1c(=O)c(=O)[nH]c2cc(C(=O)N3CCCC(c4ccncc4)C3)ccc21. The van der Waals surface area contributed by atoms with Crippen molar-refractivity contribution in [2.75, 3.05) is 13.1 Å². The van der Waals surface area contributed by atoms with E-state index in [-0.39, 0.29) is 5.91 Å². The van der Waals surface area contributed by atoms with Crippen molar-refractivity contribution in [2.24, 2.45) is 0 Å². The number of fused-ring (bicyclic) bond motifs is 1. The molecule has 1 N–H and O–H groups in total. The number of aromatic amines is 1. The summed E-state index contributed by atoms with van der Waals surface area (Å²) >= 11 is 0. The Morgan fingerprint density at radius 1 is 1.21 bits per heavy atom. The highest BCUT2D eigenvalue weighted by Gasteiger charge is 2.25. The van der Waals surface area contributed by atoms with Crippen LogP contribution < -0.4 is 11.1 Å². The molecule has 0 aliphatic carbocycles. The maximum Gasteiger partial charge on any atom is 0.316 e. The van der Waals surface area contributed by atoms with Crippen molar-refractivity contribution in [2.45, 2.75) is 32.2 Å². The zero-order chi connectivity index (χ0) is 19.7. The fourth-order valence-corrected chi connectivity index (χ4v) is 3.98. The Balaban J connectivity index is 1.64. The van der Waals surface area contributed by atoms with Gasteiger partial charge in [0.05, 0.1) is 11.0 Å². The molecule has 7 heteroatoms. The van der Waals surface area contributed by atoms with E-state index in [4.69, 9.17) is 0 Å². The highest BCUT2D eigenvalue weighted by Crippen LogP contribution is 2.27. The van der Waals surface area contributed by atoms with Crippen molar-refractivity contribution < 1.29 is 4.79 Å². The Labute approximate surface area is 161 Å². The van der Waals surface area contributed by atoms with Crippen molar-refractivity contribution in [3.63, 3.8) is 0 Å². The van der Waals surface area contributed by atoms with Crippen LogP contribution >= 0.6 is 0 Å². The number of carbonyl (C=O) groups is 1. The molecule has 0 radical (unpaired) electrons. The van der Waals surface area contributed by atoms with Crippen molar-refractivity contribution in [3.8, 4) is 0 Å². The average Bonchev–Trinajstić information content (AvgIpc) is 2.74. The number of piperidine rings is 1. The number of rotatable bonds is 3. The van der Waals surface area contributed by atoms with Crippen LogP contribution in [0.5, 0.6) is 0 Å². The zero-order valence-electron chi connectivity index (χ0n) is 15.7. The van der Waals surface area contributed by atoms with Gasteiger partial charge in [0.2, 0.25) is 0 Å². The molecule has 0 bridgehead atoms. The third kappa shape index (κ3) is 3.24. The summed E-state index contributed by atoms with van der Waals surface area (Å²) in [6, 6.07) is 9.13. The van der Waals surface area contributed by atoms with Gasteiger partial charge in [-0.2, -0.15) is 0 Å². The largest absolute Gasteiger partial charge is 0.338 e. The normalized spacial score (nSPS) is 17.0. The second-order valence-corrected chi connectivity index (χ2v) is 7.11. The molecule has 1 atom stereocenters. The van der Waals surface area contributed by atoms with E-state index in [2.05, 4.69) is 9.97 Å². The van der Waals surface area contributed by atoms with Gasteiger partial charge in [0.25, 0.3) is 5.91 Å². The minimum absolute atomic E-state index is 0.0595. The Kier molecular flexibility index (Phi) is 4.81. The number of benzene rings is 1. The summed E-state index contributed by atoms with van der Waals surface area (Å²) in [5.41, 5.74) is 1.58. The van der Waals surface area contributed by atoms with Gasteiger partial charge in [0.15, 0.2) is 0 Å². The minimum atomic E-state index is -0.672. The summed E-state index contributed by atoms with van der Waals surface area (Å²) in [6.45, 7) is 3.58. The van der Waals surface area contributed by atoms with Crippen LogP contribution in [-0.4, -0.2) is 38.4 Å². The molecule has 1 amide bonds. The average molecular weight is 378 g/mol. The van der Waals surface area contributed by atoms with E-state index in [1.54, 1.807) is 30.6 Å². The predicted octanol–water partition coefficient (Wildman–Crippen LogP) is 2.12. The first kappa shape index (κ1) is 18.2. The van der Waals surface area contributed by atoms with Crippen molar-refractivity contribution in [1.82, 2.24) is 19.4 Å². The number of hydrogen-bond donors (Lipinski definition) is 1. The fourth-order valence-electron chi connectivity index (χ4n) is 3.98. The summed E-state index contributed by atoms with van der Waals surface area (Å²) in [5, 5.41) is 0. The molecule has 3 heterocycles. The molecule has 28 heavy (non-hydrogen) atoms. The number of nitrogens with one attached hydrogen (secondary N) is 1. The van der Waals surface area contributed by atoms with E-state index >= 15 is 0 Å². The number of amides is 1. The topological polar surface area (TPSA) is 88.1 Å². The lowest BCUT2D eigenvalue weighted by Gasteiger charge is -2.33. The Hall–Kier alpha value is -3.22. The quantitative estimate of drug-likeness (QED) is 0.707. The third-order valence-electron chi connectivity index (χ3n) is 5.42. The van der Waals surface area contributed by atoms with Gasteiger partial charge < -0.3 is 14.5 Å². The van der Waals surface area contributed by atoms with Crippen LogP contribution in [-0.2, 0) is 6.54 Å². The number of pyridine rings is 1. The molecule has 1 aliphatic heterocycles. The minimum Gasteiger partial charge on any atom is -0.338 e. The van der Waals surface area contributed by atoms with E-state index < -0.39 is 11.1 Å². The molecule has 1 fully saturated rings. The van der Waals surface area contributed by atoms with Crippen LogP contribution in [0.15, 0.2) is 52.3 Å². The summed E-state index contributed by atoms with van der Waals surface area (Å²) < 4.78 is 1.42. The number of H-pyrrole nitrogens is 1. The number of nitrogens with zero attached hydrogens (tertiary/aromatic N) is 3. The van der Waals surface area contributed by atoms with Gasteiger partial charge in [0, 0.05) is 43.5 Å². The van der Waals surface area contributed by atoms with Gasteiger partial charge in [-0.15, -0.1) is 0 Å². The highest BCUT2D eigenvalue weighted by atomic mass is 16.2. The molecule has 1 aromatic carbocycles. The predicted molar refractivity (Wildman–Crippen MR) is 107 cm³/mol. The zero-order valence-corrected chi connectivity index (χ0v) is 15.7. The van der Waals surface area contributed by atoms with E-state index in [9.17, 15) is 14.4 Å². The molecule has 1 aliphatic rings. The molecule has 1 saturated heterocycles. The fraction of sp³-hybridized carbons (Fsp3) is 0.333. The van der Waals surface area contributed by atoms with E-state index in [0.717, 1.165) is 12.8 Å². The van der Waals surface area contributed by atoms with Crippen LogP contribution in [0, 0.1) is 0 Å². The summed E-state index contributed by atoms with van der Waals surface area (Å²) in [5.74, 6) is 0.238. The van der Waals surface area contributed by atoms with Crippen molar-refractivity contribution in [3.05, 3.63) is 74.6 Å². The van der Waals surface area contributed by atoms with Crippen molar-refractivity contribution >= 4 is 16.9 Å². The monoisotopic (exact) mass is 378 g/mol. The number of carbonyl (C=O) groups excluding carboxylic acids is 1. The summed E-state index contributed by atoms with van der Waals surface area (Å²) in [4.78, 5) is 45.5. The molecular weight excluding hydrogens is 356 g/mol. The standard InChI is InChI=1S/C21H22N4O3/c1-2-25-18-6-5-15(12-17(18)23-19(26)21(25)28)20(27)24-11-3-4-16(13-24)14-7-9-22-10-8-14/h5-10,12,16H,2-4,11,13H2,1H3,(H,23,26). The van der Waals surface area contributed by atoms with Gasteiger partial charge in [-0.25, -0.2) is 0 Å².